The number of nitrogens with zero attached hydrogens (tertiary/aromatic N) is 3. The van der Waals surface area contributed by atoms with Crippen molar-refractivity contribution in [2.45, 2.75) is 26.3 Å². The lowest BCUT2D eigenvalue weighted by Gasteiger charge is -2.31. The topological polar surface area (TPSA) is 86.3 Å². The highest BCUT2D eigenvalue weighted by molar-refractivity contribution is 7.89. The van der Waals surface area contributed by atoms with Crippen LogP contribution in [0.15, 0.2) is 4.99 Å². The van der Waals surface area contributed by atoms with Gasteiger partial charge in [0.15, 0.2) is 5.96 Å². The van der Waals surface area contributed by atoms with Crippen LogP contribution in [0.1, 0.15) is 20.3 Å². The number of hydrogen-bond donors (Lipinski definition) is 2. The number of sulfonamides is 1. The van der Waals surface area contributed by atoms with E-state index in [1.54, 1.807) is 4.31 Å². The Labute approximate surface area is 145 Å². The third kappa shape index (κ3) is 5.87. The number of guanidine groups is 1. The molecule has 24 heavy (non-hydrogen) atoms. The van der Waals surface area contributed by atoms with Crippen molar-refractivity contribution in [3.05, 3.63) is 0 Å². The van der Waals surface area contributed by atoms with E-state index in [0.717, 1.165) is 45.2 Å². The molecule has 2 saturated heterocycles. The van der Waals surface area contributed by atoms with Crippen LogP contribution in [0.5, 0.6) is 0 Å². The number of nitrogens with one attached hydrogen (secondary N) is 2. The second-order valence-corrected chi connectivity index (χ2v) is 8.30. The van der Waals surface area contributed by atoms with Gasteiger partial charge in [-0.15, -0.1) is 0 Å². The summed E-state index contributed by atoms with van der Waals surface area (Å²) in [5.41, 5.74) is 0. The maximum Gasteiger partial charge on any atom is 0.214 e. The summed E-state index contributed by atoms with van der Waals surface area (Å²) >= 11 is 0. The smallest absolute Gasteiger partial charge is 0.214 e. The van der Waals surface area contributed by atoms with Gasteiger partial charge in [-0.05, 0) is 20.3 Å². The molecular formula is C15H31N5O3S. The summed E-state index contributed by atoms with van der Waals surface area (Å²) in [5.74, 6) is 1.02. The normalized spacial score (nSPS) is 24.0. The van der Waals surface area contributed by atoms with Gasteiger partial charge in [0.05, 0.1) is 25.5 Å². The van der Waals surface area contributed by atoms with Gasteiger partial charge in [-0.3, -0.25) is 9.89 Å². The Morgan fingerprint density at radius 2 is 2.00 bits per heavy atom. The molecule has 2 aliphatic rings. The lowest BCUT2D eigenvalue weighted by atomic mass is 10.2. The molecule has 0 saturated carbocycles. The van der Waals surface area contributed by atoms with Crippen molar-refractivity contribution in [1.29, 1.82) is 0 Å². The van der Waals surface area contributed by atoms with Gasteiger partial charge >= 0.3 is 0 Å². The highest BCUT2D eigenvalue weighted by Gasteiger charge is 2.27. The molecule has 0 aromatic carbocycles. The molecule has 0 aliphatic carbocycles. The van der Waals surface area contributed by atoms with Crippen LogP contribution in [0.25, 0.3) is 0 Å². The fourth-order valence-electron chi connectivity index (χ4n) is 2.94. The zero-order valence-corrected chi connectivity index (χ0v) is 15.6. The molecule has 0 bridgehead atoms. The number of morpholine rings is 1. The van der Waals surface area contributed by atoms with Crippen LogP contribution < -0.4 is 10.6 Å². The average molecular weight is 362 g/mol. The van der Waals surface area contributed by atoms with Crippen LogP contribution in [-0.2, 0) is 14.8 Å². The van der Waals surface area contributed by atoms with Crippen LogP contribution in [0.2, 0.25) is 0 Å². The summed E-state index contributed by atoms with van der Waals surface area (Å²) in [6.45, 7) is 10.8. The standard InChI is InChI=1S/C15H31N5O3S/c1-3-16-15(17-5-7-20-6-4-12-24(20,21)22)18-13-14(2)19-8-10-23-11-9-19/h14H,3-13H2,1-2H3,(H2,16,17,18). The van der Waals surface area contributed by atoms with Gasteiger partial charge in [0.25, 0.3) is 0 Å². The van der Waals surface area contributed by atoms with Crippen LogP contribution >= 0.6 is 0 Å². The Kier molecular flexibility index (Phi) is 7.73. The van der Waals surface area contributed by atoms with Gasteiger partial charge in [0, 0.05) is 45.3 Å². The number of ether oxygens (including phenoxy) is 1. The predicted molar refractivity (Wildman–Crippen MR) is 95.8 cm³/mol. The first kappa shape index (κ1) is 19.4. The first-order valence-corrected chi connectivity index (χ1v) is 10.5. The summed E-state index contributed by atoms with van der Waals surface area (Å²) in [5, 5.41) is 6.45. The second-order valence-electron chi connectivity index (χ2n) is 6.21. The molecule has 0 radical (unpaired) electrons. The maximum atomic E-state index is 11.8. The molecule has 9 heteroatoms. The van der Waals surface area contributed by atoms with Crippen LogP contribution in [-0.4, -0.2) is 94.4 Å². The van der Waals surface area contributed by atoms with Gasteiger partial charge in [-0.2, -0.15) is 0 Å². The SMILES string of the molecule is CCNC(=NCC(C)N1CCOCC1)NCCN1CCCS1(=O)=O. The molecule has 8 nitrogen and oxygen atoms in total. The molecule has 2 aliphatic heterocycles. The third-order valence-corrected chi connectivity index (χ3v) is 6.34. The van der Waals surface area contributed by atoms with E-state index in [4.69, 9.17) is 4.74 Å². The molecule has 1 atom stereocenters. The summed E-state index contributed by atoms with van der Waals surface area (Å²) in [7, 11) is -3.02. The quantitative estimate of drug-likeness (QED) is 0.461. The van der Waals surface area contributed by atoms with Gasteiger partial charge in [0.1, 0.15) is 0 Å². The maximum absolute atomic E-state index is 11.8. The largest absolute Gasteiger partial charge is 0.379 e. The van der Waals surface area contributed by atoms with Crippen molar-refractivity contribution in [2.24, 2.45) is 4.99 Å². The first-order chi connectivity index (χ1) is 11.5. The van der Waals surface area contributed by atoms with E-state index in [0.29, 0.717) is 32.2 Å². The minimum atomic E-state index is -3.02. The van der Waals surface area contributed by atoms with E-state index in [2.05, 4.69) is 27.4 Å². The summed E-state index contributed by atoms with van der Waals surface area (Å²) in [6.07, 6.45) is 0.730. The van der Waals surface area contributed by atoms with Gasteiger partial charge in [-0.25, -0.2) is 12.7 Å². The zero-order chi connectivity index (χ0) is 17.4. The predicted octanol–water partition coefficient (Wildman–Crippen LogP) is -0.702. The van der Waals surface area contributed by atoms with Crippen molar-refractivity contribution in [2.75, 3.05) is 64.8 Å². The Morgan fingerprint density at radius 1 is 1.25 bits per heavy atom. The summed E-state index contributed by atoms with van der Waals surface area (Å²) in [4.78, 5) is 7.02. The van der Waals surface area contributed by atoms with E-state index >= 15 is 0 Å². The lowest BCUT2D eigenvalue weighted by molar-refractivity contribution is 0.0220. The van der Waals surface area contributed by atoms with E-state index < -0.39 is 10.0 Å². The Hall–Kier alpha value is -0.900. The fourth-order valence-corrected chi connectivity index (χ4v) is 4.47. The molecule has 2 heterocycles. The first-order valence-electron chi connectivity index (χ1n) is 8.84. The molecule has 0 spiro atoms. The van der Waals surface area contributed by atoms with Gasteiger partial charge in [0.2, 0.25) is 10.0 Å². The second kappa shape index (κ2) is 9.55. The molecule has 0 amide bonds. The minimum absolute atomic E-state index is 0.276. The van der Waals surface area contributed by atoms with Crippen LogP contribution in [0, 0.1) is 0 Å². The number of rotatable bonds is 7. The molecule has 2 N–H and O–H groups in total. The summed E-state index contributed by atoms with van der Waals surface area (Å²) < 4.78 is 30.5. The van der Waals surface area contributed by atoms with E-state index in [9.17, 15) is 8.42 Å². The highest BCUT2D eigenvalue weighted by atomic mass is 32.2. The molecular weight excluding hydrogens is 330 g/mol. The van der Waals surface area contributed by atoms with Crippen molar-refractivity contribution < 1.29 is 13.2 Å². The Morgan fingerprint density at radius 3 is 2.62 bits per heavy atom. The van der Waals surface area contributed by atoms with E-state index in [1.165, 1.54) is 0 Å². The van der Waals surface area contributed by atoms with E-state index in [-0.39, 0.29) is 5.75 Å². The number of hydrogen-bond acceptors (Lipinski definition) is 5. The van der Waals surface area contributed by atoms with Crippen LogP contribution in [0.4, 0.5) is 0 Å². The van der Waals surface area contributed by atoms with Crippen molar-refractivity contribution in [3.8, 4) is 0 Å². The van der Waals surface area contributed by atoms with Crippen molar-refractivity contribution in [1.82, 2.24) is 19.8 Å². The number of aliphatic imine (C=N–C) groups is 1. The molecule has 2 rings (SSSR count). The van der Waals surface area contributed by atoms with Crippen LogP contribution in [0.3, 0.4) is 0 Å². The van der Waals surface area contributed by atoms with Gasteiger partial charge in [-0.1, -0.05) is 0 Å². The Bertz CT molecular complexity index is 505. The summed E-state index contributed by atoms with van der Waals surface area (Å²) in [6, 6.07) is 0.364. The van der Waals surface area contributed by atoms with Crippen molar-refractivity contribution >= 4 is 16.0 Å². The van der Waals surface area contributed by atoms with Gasteiger partial charge < -0.3 is 15.4 Å². The fraction of sp³-hybridized carbons (Fsp3) is 0.933. The highest BCUT2D eigenvalue weighted by Crippen LogP contribution is 2.11. The third-order valence-electron chi connectivity index (χ3n) is 4.38. The zero-order valence-electron chi connectivity index (χ0n) is 14.8. The van der Waals surface area contributed by atoms with E-state index in [1.807, 2.05) is 6.92 Å². The van der Waals surface area contributed by atoms with Crippen molar-refractivity contribution in [3.63, 3.8) is 0 Å². The monoisotopic (exact) mass is 361 g/mol. The lowest BCUT2D eigenvalue weighted by Crippen LogP contribution is -2.45. The molecule has 0 aromatic rings. The Balaban J connectivity index is 1.77. The molecule has 0 aromatic heterocycles. The molecule has 1 unspecified atom stereocenters. The average Bonchev–Trinajstić information content (AvgIpc) is 2.91. The molecule has 140 valence electrons. The molecule has 2 fully saturated rings. The minimum Gasteiger partial charge on any atom is -0.379 e.